The third-order valence-electron chi connectivity index (χ3n) is 3.15. The Kier molecular flexibility index (Phi) is 4.67. The fourth-order valence-electron chi connectivity index (χ4n) is 1.91. The number of carbonyl (C=O) groups excluding carboxylic acids is 1. The van der Waals surface area contributed by atoms with Crippen molar-refractivity contribution in [1.82, 2.24) is 4.98 Å². The van der Waals surface area contributed by atoms with E-state index >= 15 is 0 Å². The zero-order valence-electron chi connectivity index (χ0n) is 12.6. The highest BCUT2D eigenvalue weighted by atomic mass is 32.2. The first-order valence-electron chi connectivity index (χ1n) is 6.56. The zero-order chi connectivity index (χ0) is 17.3. The Morgan fingerprint density at radius 3 is 1.96 bits per heavy atom. The van der Waals surface area contributed by atoms with Crippen LogP contribution in [0.2, 0.25) is 0 Å². The van der Waals surface area contributed by atoms with E-state index in [2.05, 4.69) is 4.98 Å². The molecule has 0 fully saturated rings. The molecule has 2 aromatic rings. The lowest BCUT2D eigenvalue weighted by Crippen LogP contribution is -2.07. The number of sulfone groups is 2. The van der Waals surface area contributed by atoms with Gasteiger partial charge in [-0.1, -0.05) is 12.1 Å². The van der Waals surface area contributed by atoms with Crippen LogP contribution < -0.4 is 0 Å². The van der Waals surface area contributed by atoms with Crippen molar-refractivity contribution in [3.63, 3.8) is 0 Å². The largest absolute Gasteiger partial charge is 0.294 e. The van der Waals surface area contributed by atoms with Gasteiger partial charge in [0, 0.05) is 30.7 Å². The molecule has 0 saturated heterocycles. The molecule has 0 radical (unpaired) electrons. The van der Waals surface area contributed by atoms with Gasteiger partial charge >= 0.3 is 0 Å². The number of Topliss-reactive ketones (excluding diaryl/α,β-unsaturated/α-hetero) is 1. The Labute approximate surface area is 135 Å². The predicted octanol–water partition coefficient (Wildman–Crippen LogP) is 1.31. The van der Waals surface area contributed by atoms with Gasteiger partial charge in [0.15, 0.2) is 30.5 Å². The molecule has 0 amide bonds. The van der Waals surface area contributed by atoms with Crippen LogP contribution in [0.1, 0.15) is 15.9 Å². The molecule has 6 nitrogen and oxygen atoms in total. The van der Waals surface area contributed by atoms with Crippen molar-refractivity contribution in [1.29, 1.82) is 0 Å². The molecule has 1 aromatic heterocycles. The van der Waals surface area contributed by atoms with Gasteiger partial charge < -0.3 is 0 Å². The molecule has 0 aliphatic carbocycles. The summed E-state index contributed by atoms with van der Waals surface area (Å²) in [6, 6.07) is 8.75. The first kappa shape index (κ1) is 17.3. The van der Waals surface area contributed by atoms with Crippen LogP contribution >= 0.6 is 0 Å². The summed E-state index contributed by atoms with van der Waals surface area (Å²) >= 11 is 0. The molecule has 0 bridgehead atoms. The summed E-state index contributed by atoms with van der Waals surface area (Å²) in [5.41, 5.74) is 0.958. The highest BCUT2D eigenvalue weighted by Gasteiger charge is 2.13. The molecule has 1 aromatic carbocycles. The minimum Gasteiger partial charge on any atom is -0.294 e. The monoisotopic (exact) mass is 353 g/mol. The van der Waals surface area contributed by atoms with E-state index in [4.69, 9.17) is 0 Å². The fourth-order valence-corrected chi connectivity index (χ4v) is 3.10. The Balaban J connectivity index is 2.16. The summed E-state index contributed by atoms with van der Waals surface area (Å²) in [6.45, 7) is 0. The van der Waals surface area contributed by atoms with Gasteiger partial charge in [0.25, 0.3) is 0 Å². The van der Waals surface area contributed by atoms with Crippen molar-refractivity contribution < 1.29 is 21.6 Å². The molecule has 0 atom stereocenters. The smallest absolute Gasteiger partial charge is 0.192 e. The second-order valence-electron chi connectivity index (χ2n) is 5.17. The number of hydrogen-bond acceptors (Lipinski definition) is 6. The third-order valence-corrected chi connectivity index (χ3v) is 5.28. The van der Waals surface area contributed by atoms with Gasteiger partial charge in [0.05, 0.1) is 4.90 Å². The molecule has 8 heteroatoms. The average molecular weight is 353 g/mol. The van der Waals surface area contributed by atoms with Crippen LogP contribution in [0.3, 0.4) is 0 Å². The number of hydrogen-bond donors (Lipinski definition) is 0. The topological polar surface area (TPSA) is 98.2 Å². The summed E-state index contributed by atoms with van der Waals surface area (Å²) in [6.07, 6.45) is 3.45. The van der Waals surface area contributed by atoms with Crippen LogP contribution in [-0.2, 0) is 26.1 Å². The molecular formula is C15H15NO5S2. The lowest BCUT2D eigenvalue weighted by molar-refractivity contribution is 0.0992. The number of carbonyl (C=O) groups is 1. The number of rotatable bonds is 5. The van der Waals surface area contributed by atoms with Crippen LogP contribution in [0, 0.1) is 0 Å². The number of benzene rings is 1. The van der Waals surface area contributed by atoms with Crippen molar-refractivity contribution in [3.8, 4) is 0 Å². The van der Waals surface area contributed by atoms with Gasteiger partial charge in [0.1, 0.15) is 0 Å². The lowest BCUT2D eigenvalue weighted by atomic mass is 10.0. The van der Waals surface area contributed by atoms with Gasteiger partial charge in [-0.25, -0.2) is 21.8 Å². The van der Waals surface area contributed by atoms with Crippen molar-refractivity contribution >= 4 is 25.5 Å². The summed E-state index contributed by atoms with van der Waals surface area (Å²) in [5, 5.41) is -0.0912. The van der Waals surface area contributed by atoms with Crippen LogP contribution in [-0.4, -0.2) is 40.1 Å². The van der Waals surface area contributed by atoms with Gasteiger partial charge in [-0.2, -0.15) is 0 Å². The third kappa shape index (κ3) is 4.46. The van der Waals surface area contributed by atoms with E-state index in [1.807, 2.05) is 0 Å². The highest BCUT2D eigenvalue weighted by Crippen LogP contribution is 2.13. The first-order valence-corrected chi connectivity index (χ1v) is 10.3. The highest BCUT2D eigenvalue weighted by molar-refractivity contribution is 7.91. The molecule has 0 aliphatic rings. The first-order chi connectivity index (χ1) is 10.6. The summed E-state index contributed by atoms with van der Waals surface area (Å²) < 4.78 is 45.4. The molecule has 0 saturated carbocycles. The number of pyridine rings is 1. The van der Waals surface area contributed by atoms with Crippen molar-refractivity contribution in [2.45, 2.75) is 16.3 Å². The van der Waals surface area contributed by atoms with Crippen LogP contribution in [0.25, 0.3) is 0 Å². The fraction of sp³-hybridized carbons (Fsp3) is 0.200. The van der Waals surface area contributed by atoms with Crippen LogP contribution in [0.4, 0.5) is 0 Å². The van der Waals surface area contributed by atoms with Gasteiger partial charge in [0.2, 0.25) is 0 Å². The summed E-state index contributed by atoms with van der Waals surface area (Å²) in [7, 11) is -6.67. The Morgan fingerprint density at radius 2 is 1.52 bits per heavy atom. The molecule has 0 aliphatic heterocycles. The average Bonchev–Trinajstić information content (AvgIpc) is 2.46. The second kappa shape index (κ2) is 6.21. The maximum absolute atomic E-state index is 12.1. The molecule has 122 valence electrons. The Hall–Kier alpha value is -2.06. The van der Waals surface area contributed by atoms with E-state index in [-0.39, 0.29) is 22.1 Å². The normalized spacial score (nSPS) is 12.1. The molecule has 2 rings (SSSR count). The van der Waals surface area contributed by atoms with Crippen molar-refractivity contribution in [2.75, 3.05) is 12.5 Å². The Morgan fingerprint density at radius 1 is 0.913 bits per heavy atom. The Bertz CT molecular complexity index is 928. The van der Waals surface area contributed by atoms with Crippen LogP contribution in [0.5, 0.6) is 0 Å². The molecule has 1 heterocycles. The minimum atomic E-state index is -3.40. The molecule has 0 N–H and O–H groups in total. The SMILES string of the molecule is CS(=O)(=O)c1ccc(CC(=O)c2ccc(S(C)(=O)=O)nc2)cc1. The number of ketones is 1. The van der Waals surface area contributed by atoms with E-state index in [0.29, 0.717) is 11.1 Å². The van der Waals surface area contributed by atoms with E-state index < -0.39 is 19.7 Å². The summed E-state index contributed by atoms with van der Waals surface area (Å²) in [5.74, 6) is -0.232. The van der Waals surface area contributed by atoms with Crippen molar-refractivity contribution in [3.05, 3.63) is 53.7 Å². The van der Waals surface area contributed by atoms with Crippen LogP contribution in [0.15, 0.2) is 52.5 Å². The molecule has 0 unspecified atom stereocenters. The van der Waals surface area contributed by atoms with E-state index in [1.54, 1.807) is 12.1 Å². The quantitative estimate of drug-likeness (QED) is 0.752. The maximum Gasteiger partial charge on any atom is 0.192 e. The van der Waals surface area contributed by atoms with E-state index in [1.165, 1.54) is 30.5 Å². The maximum atomic E-state index is 12.1. The van der Waals surface area contributed by atoms with Gasteiger partial charge in [-0.3, -0.25) is 4.79 Å². The molecular weight excluding hydrogens is 338 g/mol. The van der Waals surface area contributed by atoms with E-state index in [0.717, 1.165) is 12.5 Å². The predicted molar refractivity (Wildman–Crippen MR) is 84.9 cm³/mol. The number of nitrogens with zero attached hydrogens (tertiary/aromatic N) is 1. The summed E-state index contributed by atoms with van der Waals surface area (Å²) in [4.78, 5) is 16.1. The lowest BCUT2D eigenvalue weighted by Gasteiger charge is -2.04. The van der Waals surface area contributed by atoms with E-state index in [9.17, 15) is 21.6 Å². The zero-order valence-corrected chi connectivity index (χ0v) is 14.2. The minimum absolute atomic E-state index is 0.0734. The standard InChI is InChI=1S/C15H15NO5S2/c1-22(18,19)13-6-3-11(4-7-13)9-14(17)12-5-8-15(16-10-12)23(2,20)21/h3-8,10H,9H2,1-2H3. The molecule has 0 spiro atoms. The van der Waals surface area contributed by atoms with Crippen molar-refractivity contribution in [2.24, 2.45) is 0 Å². The van der Waals surface area contributed by atoms with Gasteiger partial charge in [-0.15, -0.1) is 0 Å². The number of aromatic nitrogens is 1. The molecule has 23 heavy (non-hydrogen) atoms. The second-order valence-corrected chi connectivity index (χ2v) is 9.15. The van der Waals surface area contributed by atoms with Gasteiger partial charge in [-0.05, 0) is 29.8 Å².